The Labute approximate surface area is 140 Å². The van der Waals surface area contributed by atoms with Crippen LogP contribution >= 0.6 is 11.8 Å². The molecule has 7 heteroatoms. The van der Waals surface area contributed by atoms with Crippen LogP contribution < -0.4 is 5.32 Å². The van der Waals surface area contributed by atoms with Gasteiger partial charge < -0.3 is 10.2 Å². The molecule has 0 unspecified atom stereocenters. The molecule has 2 atom stereocenters. The molecule has 6 nitrogen and oxygen atoms in total. The second-order valence-corrected chi connectivity index (χ2v) is 6.98. The van der Waals surface area contributed by atoms with E-state index in [0.717, 1.165) is 18.4 Å². The Bertz CT molecular complexity index is 550. The summed E-state index contributed by atoms with van der Waals surface area (Å²) in [6.07, 6.45) is 6.09. The van der Waals surface area contributed by atoms with E-state index < -0.39 is 4.92 Å². The van der Waals surface area contributed by atoms with Crippen molar-refractivity contribution in [1.29, 1.82) is 0 Å². The molecule has 0 aliphatic heterocycles. The molecule has 1 aliphatic rings. The Morgan fingerprint density at radius 2 is 2.09 bits per heavy atom. The number of rotatable bonds is 6. The van der Waals surface area contributed by atoms with Crippen molar-refractivity contribution in [3.05, 3.63) is 39.9 Å². The Morgan fingerprint density at radius 1 is 1.39 bits per heavy atom. The van der Waals surface area contributed by atoms with E-state index in [1.165, 1.54) is 18.6 Å². The molecule has 126 valence electrons. The molecule has 0 bridgehead atoms. The predicted octanol–water partition coefficient (Wildman–Crippen LogP) is 3.06. The summed E-state index contributed by atoms with van der Waals surface area (Å²) >= 11 is 1.88. The van der Waals surface area contributed by atoms with E-state index in [4.69, 9.17) is 0 Å². The number of nitrogens with zero attached hydrogens (tertiary/aromatic N) is 2. The van der Waals surface area contributed by atoms with Crippen LogP contribution in [0.3, 0.4) is 0 Å². The highest BCUT2D eigenvalue weighted by molar-refractivity contribution is 7.99. The van der Waals surface area contributed by atoms with Crippen molar-refractivity contribution in [1.82, 2.24) is 10.2 Å². The first-order valence-electron chi connectivity index (χ1n) is 7.78. The first-order valence-corrected chi connectivity index (χ1v) is 9.07. The summed E-state index contributed by atoms with van der Waals surface area (Å²) in [6, 6.07) is 6.72. The zero-order valence-electron chi connectivity index (χ0n) is 13.5. The first-order chi connectivity index (χ1) is 11.0. The molecule has 2 amide bonds. The molecule has 1 N–H and O–H groups in total. The number of nitro groups is 1. The zero-order valence-corrected chi connectivity index (χ0v) is 14.3. The van der Waals surface area contributed by atoms with Gasteiger partial charge in [0, 0.05) is 37.0 Å². The van der Waals surface area contributed by atoms with Crippen molar-refractivity contribution >= 4 is 23.5 Å². The summed E-state index contributed by atoms with van der Waals surface area (Å²) in [4.78, 5) is 24.2. The Morgan fingerprint density at radius 3 is 2.65 bits per heavy atom. The molecule has 23 heavy (non-hydrogen) atoms. The largest absolute Gasteiger partial charge is 0.338 e. The topological polar surface area (TPSA) is 75.5 Å². The van der Waals surface area contributed by atoms with Gasteiger partial charge in [0.25, 0.3) is 5.69 Å². The highest BCUT2D eigenvalue weighted by Gasteiger charge is 2.29. The second kappa shape index (κ2) is 8.19. The quantitative estimate of drug-likeness (QED) is 0.639. The van der Waals surface area contributed by atoms with Gasteiger partial charge in [-0.3, -0.25) is 10.1 Å². The monoisotopic (exact) mass is 337 g/mol. The third-order valence-electron chi connectivity index (χ3n) is 4.40. The lowest BCUT2D eigenvalue weighted by atomic mass is 10.1. The lowest BCUT2D eigenvalue weighted by molar-refractivity contribution is -0.384. The number of non-ortho nitro benzene ring substituents is 1. The molecular weight excluding hydrogens is 314 g/mol. The first kappa shape index (κ1) is 17.6. The molecule has 0 aromatic heterocycles. The van der Waals surface area contributed by atoms with Gasteiger partial charge >= 0.3 is 6.03 Å². The Balaban J connectivity index is 1.75. The third-order valence-corrected chi connectivity index (χ3v) is 5.49. The number of hydrogen-bond acceptors (Lipinski definition) is 4. The number of nitrogens with one attached hydrogen (secondary N) is 1. The minimum absolute atomic E-state index is 0.0429. The number of urea groups is 1. The van der Waals surface area contributed by atoms with Crippen LogP contribution in [0.15, 0.2) is 24.3 Å². The maximum absolute atomic E-state index is 12.2. The minimum Gasteiger partial charge on any atom is -0.338 e. The average molecular weight is 337 g/mol. The van der Waals surface area contributed by atoms with Crippen molar-refractivity contribution in [2.24, 2.45) is 0 Å². The standard InChI is InChI=1S/C16H23N3O3S/c1-18(14-7-8-15(11-14)23-2)16(20)17-10-9-12-3-5-13(6-4-12)19(21)22/h3-6,14-15H,7-11H2,1-2H3,(H,17,20)/t14-,15+/m0/s1. The van der Waals surface area contributed by atoms with E-state index >= 15 is 0 Å². The van der Waals surface area contributed by atoms with Gasteiger partial charge in [0.1, 0.15) is 0 Å². The summed E-state index contributed by atoms with van der Waals surface area (Å²) in [7, 11) is 1.86. The molecule has 1 aliphatic carbocycles. The van der Waals surface area contributed by atoms with Crippen molar-refractivity contribution in [3.8, 4) is 0 Å². The zero-order chi connectivity index (χ0) is 16.8. The highest BCUT2D eigenvalue weighted by atomic mass is 32.2. The highest BCUT2D eigenvalue weighted by Crippen LogP contribution is 2.30. The van der Waals surface area contributed by atoms with Crippen LogP contribution in [0.2, 0.25) is 0 Å². The Kier molecular flexibility index (Phi) is 6.27. The fourth-order valence-corrected chi connectivity index (χ4v) is 3.66. The Hall–Kier alpha value is -1.76. The van der Waals surface area contributed by atoms with E-state index in [0.29, 0.717) is 24.3 Å². The van der Waals surface area contributed by atoms with Crippen LogP contribution in [0.4, 0.5) is 10.5 Å². The van der Waals surface area contributed by atoms with E-state index in [1.54, 1.807) is 12.1 Å². The van der Waals surface area contributed by atoms with E-state index in [2.05, 4.69) is 11.6 Å². The van der Waals surface area contributed by atoms with E-state index in [-0.39, 0.29) is 11.7 Å². The summed E-state index contributed by atoms with van der Waals surface area (Å²) in [6.45, 7) is 0.527. The number of carbonyl (C=O) groups excluding carboxylic acids is 1. The maximum atomic E-state index is 12.2. The van der Waals surface area contributed by atoms with Crippen LogP contribution in [0.1, 0.15) is 24.8 Å². The summed E-state index contributed by atoms with van der Waals surface area (Å²) in [5.41, 5.74) is 1.06. The number of thioether (sulfide) groups is 1. The molecule has 2 rings (SSSR count). The smallest absolute Gasteiger partial charge is 0.317 e. The molecular formula is C16H23N3O3S. The SMILES string of the molecule is CS[C@@H]1CC[C@H](N(C)C(=O)NCCc2ccc([N+](=O)[O-])cc2)C1. The van der Waals surface area contributed by atoms with Crippen molar-refractivity contribution in [3.63, 3.8) is 0 Å². The van der Waals surface area contributed by atoms with Crippen LogP contribution in [0, 0.1) is 10.1 Å². The molecule has 0 spiro atoms. The minimum atomic E-state index is -0.413. The fraction of sp³-hybridized carbons (Fsp3) is 0.562. The van der Waals surface area contributed by atoms with Crippen LogP contribution in [0.5, 0.6) is 0 Å². The molecule has 1 aromatic carbocycles. The van der Waals surface area contributed by atoms with Crippen LogP contribution in [-0.4, -0.2) is 47.0 Å². The second-order valence-electron chi connectivity index (χ2n) is 5.84. The summed E-state index contributed by atoms with van der Waals surface area (Å²) in [5.74, 6) is 0. The van der Waals surface area contributed by atoms with E-state index in [9.17, 15) is 14.9 Å². The molecule has 1 fully saturated rings. The van der Waals surface area contributed by atoms with Crippen LogP contribution in [-0.2, 0) is 6.42 Å². The van der Waals surface area contributed by atoms with Gasteiger partial charge in [-0.2, -0.15) is 11.8 Å². The summed E-state index contributed by atoms with van der Waals surface area (Å²) in [5, 5.41) is 14.2. The molecule has 0 saturated heterocycles. The van der Waals surface area contributed by atoms with Crippen LogP contribution in [0.25, 0.3) is 0 Å². The number of hydrogen-bond donors (Lipinski definition) is 1. The third kappa shape index (κ3) is 4.86. The van der Waals surface area contributed by atoms with Gasteiger partial charge in [-0.25, -0.2) is 4.79 Å². The lowest BCUT2D eigenvalue weighted by Gasteiger charge is -2.25. The number of nitro benzene ring substituents is 1. The van der Waals surface area contributed by atoms with Crippen molar-refractivity contribution in [2.75, 3.05) is 19.8 Å². The molecule has 1 aromatic rings. The fourth-order valence-electron chi connectivity index (χ4n) is 2.87. The molecule has 1 saturated carbocycles. The summed E-state index contributed by atoms with van der Waals surface area (Å²) < 4.78 is 0. The molecule has 0 radical (unpaired) electrons. The normalized spacial score (nSPS) is 20.3. The number of benzene rings is 1. The van der Waals surface area contributed by atoms with Crippen molar-refractivity contribution < 1.29 is 9.72 Å². The van der Waals surface area contributed by atoms with Gasteiger partial charge in [0.05, 0.1) is 4.92 Å². The average Bonchev–Trinajstić information content (AvgIpc) is 3.03. The maximum Gasteiger partial charge on any atom is 0.317 e. The van der Waals surface area contributed by atoms with E-state index in [1.807, 2.05) is 23.7 Å². The van der Waals surface area contributed by atoms with Crippen molar-refractivity contribution in [2.45, 2.75) is 37.0 Å². The predicted molar refractivity (Wildman–Crippen MR) is 92.9 cm³/mol. The van der Waals surface area contributed by atoms with Gasteiger partial charge in [-0.15, -0.1) is 0 Å². The van der Waals surface area contributed by atoms with Gasteiger partial charge in [0.2, 0.25) is 0 Å². The van der Waals surface area contributed by atoms with Gasteiger partial charge in [-0.05, 0) is 37.5 Å². The van der Waals surface area contributed by atoms with Gasteiger partial charge in [-0.1, -0.05) is 12.1 Å². The number of carbonyl (C=O) groups is 1. The molecule has 0 heterocycles. The van der Waals surface area contributed by atoms with Gasteiger partial charge in [0.15, 0.2) is 0 Å². The number of amides is 2. The lowest BCUT2D eigenvalue weighted by Crippen LogP contribution is -2.43.